The van der Waals surface area contributed by atoms with Gasteiger partial charge in [-0.3, -0.25) is 0 Å². The lowest BCUT2D eigenvalue weighted by atomic mass is 9.93. The summed E-state index contributed by atoms with van der Waals surface area (Å²) in [4.78, 5) is 10.4. The quantitative estimate of drug-likeness (QED) is 0.431. The molecule has 0 saturated heterocycles. The van der Waals surface area contributed by atoms with Crippen LogP contribution in [0.3, 0.4) is 0 Å². The van der Waals surface area contributed by atoms with Crippen molar-refractivity contribution in [2.45, 2.75) is 53.9 Å². The van der Waals surface area contributed by atoms with E-state index < -0.39 is 0 Å². The molecular formula is C30H46O2. The Hall–Kier alpha value is -4.23. The zero-order valence-corrected chi connectivity index (χ0v) is 19.4. The minimum absolute atomic E-state index is 0. The Labute approximate surface area is 207 Å². The maximum Gasteiger partial charge on any atom is 0.120 e. The zero-order chi connectivity index (χ0) is 23.3. The molecule has 0 aromatic heterocycles. The fraction of sp³-hybridized carbons (Fsp3) is 0.300. The van der Waals surface area contributed by atoms with Crippen LogP contribution in [-0.4, -0.2) is 11.8 Å². The Morgan fingerprint density at radius 1 is 0.875 bits per heavy atom. The average molecular weight is 439 g/mol. The van der Waals surface area contributed by atoms with Gasteiger partial charge in [-0.25, -0.2) is 0 Å². The zero-order valence-electron chi connectivity index (χ0n) is 19.4. The molecule has 2 nitrogen and oxygen atoms in total. The Balaban J connectivity index is -0.0000000393. The summed E-state index contributed by atoms with van der Waals surface area (Å²) in [5, 5.41) is 0. The van der Waals surface area contributed by atoms with Crippen molar-refractivity contribution in [1.29, 1.82) is 0 Å². The summed E-state index contributed by atoms with van der Waals surface area (Å²) in [6.07, 6.45) is 8.52. The molecule has 2 heteroatoms. The molecule has 0 amide bonds. The molecule has 1 aromatic carbocycles. The van der Waals surface area contributed by atoms with Crippen molar-refractivity contribution in [3.63, 3.8) is 0 Å². The summed E-state index contributed by atoms with van der Waals surface area (Å²) < 4.78 is 0. The van der Waals surface area contributed by atoms with Crippen molar-refractivity contribution in [1.82, 2.24) is 0 Å². The molecule has 178 valence electrons. The van der Waals surface area contributed by atoms with Gasteiger partial charge in [0, 0.05) is 19.3 Å². The van der Waals surface area contributed by atoms with E-state index in [2.05, 4.69) is 117 Å². The fourth-order valence-corrected chi connectivity index (χ4v) is 2.65. The molecule has 1 rings (SSSR count). The Morgan fingerprint density at radius 2 is 1.31 bits per heavy atom. The molecule has 0 bridgehead atoms. The van der Waals surface area contributed by atoms with E-state index in [0.29, 0.717) is 12.3 Å². The summed E-state index contributed by atoms with van der Waals surface area (Å²) in [7, 11) is 0. The van der Waals surface area contributed by atoms with Gasteiger partial charge >= 0.3 is 0 Å². The summed E-state index contributed by atoms with van der Waals surface area (Å²) in [6.45, 7) is 10.5. The lowest BCUT2D eigenvalue weighted by Gasteiger charge is -2.13. The third-order valence-electron chi connectivity index (χ3n) is 3.73. The van der Waals surface area contributed by atoms with Crippen LogP contribution in [0.4, 0.5) is 0 Å². The van der Waals surface area contributed by atoms with Crippen molar-refractivity contribution in [2.24, 2.45) is 5.92 Å². The third kappa shape index (κ3) is 15.7. The molecule has 0 aliphatic carbocycles. The van der Waals surface area contributed by atoms with Gasteiger partial charge < -0.3 is 10.3 Å². The van der Waals surface area contributed by atoms with Gasteiger partial charge in [-0.1, -0.05) is 31.9 Å². The maximum atomic E-state index is 10.4. The van der Waals surface area contributed by atoms with Crippen LogP contribution in [0.2, 0.25) is 0 Å². The van der Waals surface area contributed by atoms with Crippen LogP contribution in [-0.2, 0) is 17.6 Å². The minimum Gasteiger partial charge on any atom is -0.412 e. The molecule has 0 saturated carbocycles. The summed E-state index contributed by atoms with van der Waals surface area (Å²) in [5.41, 5.74) is 5.43. The van der Waals surface area contributed by atoms with Crippen molar-refractivity contribution < 1.29 is 23.1 Å². The molecule has 0 spiro atoms. The molecule has 0 unspecified atom stereocenters. The molecule has 0 radical (unpaired) electrons. The lowest BCUT2D eigenvalue weighted by Crippen LogP contribution is -2.00. The first kappa shape index (κ1) is 30.0. The largest absolute Gasteiger partial charge is 0.412 e. The van der Waals surface area contributed by atoms with E-state index in [9.17, 15) is 4.79 Å². The Bertz CT molecular complexity index is 1180. The number of aldehydes is 1. The highest BCUT2D eigenvalue weighted by molar-refractivity contribution is 5.51. The highest BCUT2D eigenvalue weighted by Crippen LogP contribution is 2.20. The number of benzene rings is 1. The predicted octanol–water partition coefficient (Wildman–Crippen LogP) is 5.68. The first-order chi connectivity index (χ1) is 15.0. The minimum atomic E-state index is 0. The van der Waals surface area contributed by atoms with Crippen LogP contribution in [0.15, 0.2) is 12.1 Å². The first-order valence-corrected chi connectivity index (χ1v) is 9.86. The highest BCUT2D eigenvalue weighted by Gasteiger charge is 2.06. The highest BCUT2D eigenvalue weighted by atomic mass is 16.1. The normalized spacial score (nSPS) is 7.16. The molecule has 32 heavy (non-hydrogen) atoms. The van der Waals surface area contributed by atoms with Crippen LogP contribution in [0.5, 0.6) is 0 Å². The Morgan fingerprint density at radius 3 is 1.69 bits per heavy atom. The number of hydrogen-bond donors (Lipinski definition) is 0. The fourth-order valence-electron chi connectivity index (χ4n) is 2.65. The van der Waals surface area contributed by atoms with Crippen molar-refractivity contribution in [3.05, 3.63) is 34.4 Å². The molecule has 0 aliphatic heterocycles. The van der Waals surface area contributed by atoms with E-state index in [1.807, 2.05) is 0 Å². The predicted molar refractivity (Wildman–Crippen MR) is 153 cm³/mol. The molecule has 0 aliphatic rings. The van der Waals surface area contributed by atoms with E-state index in [1.54, 1.807) is 6.92 Å². The van der Waals surface area contributed by atoms with Crippen molar-refractivity contribution in [3.8, 4) is 83.4 Å². The summed E-state index contributed by atoms with van der Waals surface area (Å²) >= 11 is 0. The smallest absolute Gasteiger partial charge is 0.120 e. The number of aryl methyl sites for hydroxylation is 2. The monoisotopic (exact) mass is 438 g/mol. The van der Waals surface area contributed by atoms with E-state index in [4.69, 9.17) is 6.42 Å². The standard InChI is InChI=1S/C15H22O.C15H4.H2O.9H2/c1-11(2)8-14-9-12(3)15(6-5-7-16)13(4)10-14;1-3-5-7-9-11-13-15-14-12-10-8-6-4-2;;;;;;;;;;/h7,9-11H,5-6,8H2,1-4H3;1H,2H3;1H2;9*1H. The second-order valence-electron chi connectivity index (χ2n) is 6.78. The molecular weight excluding hydrogens is 392 g/mol. The molecule has 0 fully saturated rings. The van der Waals surface area contributed by atoms with Crippen molar-refractivity contribution in [2.75, 3.05) is 0 Å². The van der Waals surface area contributed by atoms with Crippen LogP contribution in [0.25, 0.3) is 0 Å². The van der Waals surface area contributed by atoms with Gasteiger partial charge in [-0.15, -0.1) is 6.42 Å². The molecule has 0 atom stereocenters. The van der Waals surface area contributed by atoms with Crippen LogP contribution < -0.4 is 0 Å². The van der Waals surface area contributed by atoms with Gasteiger partial charge in [0.05, 0.1) is 0 Å². The van der Waals surface area contributed by atoms with Crippen molar-refractivity contribution >= 4 is 6.29 Å². The first-order valence-electron chi connectivity index (χ1n) is 9.86. The molecule has 0 heterocycles. The van der Waals surface area contributed by atoms with E-state index in [1.165, 1.54) is 22.3 Å². The number of carbonyl (C=O) groups is 1. The van der Waals surface area contributed by atoms with Gasteiger partial charge in [-0.2, -0.15) is 0 Å². The van der Waals surface area contributed by atoms with E-state index in [0.717, 1.165) is 19.1 Å². The van der Waals surface area contributed by atoms with Crippen LogP contribution in [0.1, 0.15) is 62.3 Å². The van der Waals surface area contributed by atoms with E-state index >= 15 is 0 Å². The topological polar surface area (TPSA) is 48.6 Å². The van der Waals surface area contributed by atoms with Gasteiger partial charge in [0.2, 0.25) is 0 Å². The Kier molecular flexibility index (Phi) is 18.8. The van der Waals surface area contributed by atoms with Gasteiger partial charge in [0.25, 0.3) is 0 Å². The van der Waals surface area contributed by atoms with Crippen LogP contribution in [0, 0.1) is 103 Å². The summed E-state index contributed by atoms with van der Waals surface area (Å²) in [5.74, 6) is 32.6. The second-order valence-corrected chi connectivity index (χ2v) is 6.78. The van der Waals surface area contributed by atoms with Gasteiger partial charge in [0.15, 0.2) is 0 Å². The number of carbonyl (C=O) groups excluding carboxylic acids is 1. The van der Waals surface area contributed by atoms with Gasteiger partial charge in [-0.05, 0) is 133 Å². The van der Waals surface area contributed by atoms with Crippen LogP contribution >= 0.6 is 0 Å². The molecule has 1 aromatic rings. The second kappa shape index (κ2) is 20.1. The molecule has 2 N–H and O–H groups in total. The lowest BCUT2D eigenvalue weighted by molar-refractivity contribution is -0.107. The van der Waals surface area contributed by atoms with E-state index in [-0.39, 0.29) is 18.3 Å². The third-order valence-corrected chi connectivity index (χ3v) is 3.73. The average Bonchev–Trinajstić information content (AvgIpc) is 2.71. The maximum absolute atomic E-state index is 10.4. The number of rotatable bonds is 5. The SMILES string of the molecule is C#CC#CC#CC#CC#CC#CC#CC.Cc1cc(CC(C)C)cc(C)c1CCC=O.O.[HH].[HH].[HH].[HH].[HH].[HH].[HH].[HH].[HH]. The summed E-state index contributed by atoms with van der Waals surface area (Å²) in [6, 6.07) is 4.54. The van der Waals surface area contributed by atoms with Gasteiger partial charge in [0.1, 0.15) is 6.29 Å². The number of hydrogen-bond acceptors (Lipinski definition) is 1. The number of terminal acetylenes is 1.